The highest BCUT2D eigenvalue weighted by Gasteiger charge is 2.04. The predicted molar refractivity (Wildman–Crippen MR) is 41.7 cm³/mol. The normalized spacial score (nSPS) is 17.8. The molecular formula is C9H9FO. The Bertz CT molecular complexity index is 259. The lowest BCUT2D eigenvalue weighted by Crippen LogP contribution is -1.84. The molecule has 0 spiro atoms. The van der Waals surface area contributed by atoms with Gasteiger partial charge in [0.2, 0.25) is 0 Å². The van der Waals surface area contributed by atoms with Gasteiger partial charge in [-0.1, -0.05) is 11.6 Å². The van der Waals surface area contributed by atoms with Crippen molar-refractivity contribution in [2.24, 2.45) is 0 Å². The molecule has 0 bridgehead atoms. The Balaban J connectivity index is 3.01. The van der Waals surface area contributed by atoms with Gasteiger partial charge in [0.25, 0.3) is 0 Å². The zero-order valence-electron chi connectivity index (χ0n) is 6.30. The van der Waals surface area contributed by atoms with E-state index in [2.05, 4.69) is 0 Å². The maximum absolute atomic E-state index is 12.8. The van der Waals surface area contributed by atoms with E-state index in [1.165, 1.54) is 6.08 Å². The highest BCUT2D eigenvalue weighted by molar-refractivity contribution is 5.80. The number of aldehydes is 1. The molecule has 0 aliphatic heterocycles. The Morgan fingerprint density at radius 2 is 2.27 bits per heavy atom. The molecule has 0 atom stereocenters. The van der Waals surface area contributed by atoms with Crippen LogP contribution in [0.3, 0.4) is 0 Å². The molecule has 0 N–H and O–H groups in total. The molecule has 1 rings (SSSR count). The van der Waals surface area contributed by atoms with Crippen molar-refractivity contribution in [2.45, 2.75) is 13.3 Å². The first-order valence-corrected chi connectivity index (χ1v) is 3.43. The van der Waals surface area contributed by atoms with Crippen molar-refractivity contribution in [3.05, 3.63) is 35.2 Å². The van der Waals surface area contributed by atoms with Crippen molar-refractivity contribution in [1.29, 1.82) is 0 Å². The smallest absolute Gasteiger partial charge is 0.152 e. The van der Waals surface area contributed by atoms with Gasteiger partial charge in [-0.2, -0.15) is 0 Å². The molecular weight excluding hydrogens is 143 g/mol. The zero-order valence-corrected chi connectivity index (χ0v) is 6.30. The number of carbonyl (C=O) groups is 1. The van der Waals surface area contributed by atoms with E-state index in [0.717, 1.165) is 5.57 Å². The predicted octanol–water partition coefficient (Wildman–Crippen LogP) is 2.32. The van der Waals surface area contributed by atoms with E-state index in [9.17, 15) is 9.18 Å². The average molecular weight is 152 g/mol. The van der Waals surface area contributed by atoms with Crippen LogP contribution in [0.4, 0.5) is 4.39 Å². The molecule has 0 aromatic heterocycles. The number of hydrogen-bond acceptors (Lipinski definition) is 1. The van der Waals surface area contributed by atoms with E-state index < -0.39 is 5.83 Å². The van der Waals surface area contributed by atoms with E-state index >= 15 is 0 Å². The summed E-state index contributed by atoms with van der Waals surface area (Å²) < 4.78 is 12.8. The Hall–Kier alpha value is -1.18. The van der Waals surface area contributed by atoms with Gasteiger partial charge in [0, 0.05) is 5.57 Å². The average Bonchev–Trinajstić information content (AvgIpc) is 2.13. The van der Waals surface area contributed by atoms with Gasteiger partial charge >= 0.3 is 0 Å². The highest BCUT2D eigenvalue weighted by Crippen LogP contribution is 2.16. The third-order valence-electron chi connectivity index (χ3n) is 1.52. The largest absolute Gasteiger partial charge is 0.298 e. The molecule has 0 aromatic carbocycles. The summed E-state index contributed by atoms with van der Waals surface area (Å²) in [6.07, 6.45) is 5.92. The molecule has 0 heterocycles. The lowest BCUT2D eigenvalue weighted by atomic mass is 10.2. The lowest BCUT2D eigenvalue weighted by Gasteiger charge is -1.91. The summed E-state index contributed by atoms with van der Waals surface area (Å²) in [5.41, 5.74) is 1.06. The van der Waals surface area contributed by atoms with Gasteiger partial charge in [-0.3, -0.25) is 4.79 Å². The molecule has 0 saturated heterocycles. The van der Waals surface area contributed by atoms with Crippen molar-refractivity contribution in [2.75, 3.05) is 0 Å². The molecule has 58 valence electrons. The third kappa shape index (κ3) is 1.87. The second kappa shape index (κ2) is 3.28. The summed E-state index contributed by atoms with van der Waals surface area (Å²) in [6.45, 7) is 1.84. The standard InChI is InChI=1S/C9H9FO/c1-7-3-2-4-9(10)8(5-7)6-11/h3-6H,2H2,1H3. The lowest BCUT2D eigenvalue weighted by molar-refractivity contribution is -0.104. The molecule has 0 saturated carbocycles. The first-order valence-electron chi connectivity index (χ1n) is 3.43. The quantitative estimate of drug-likeness (QED) is 0.527. The second-order valence-corrected chi connectivity index (χ2v) is 2.45. The Kier molecular flexibility index (Phi) is 2.36. The molecule has 1 aliphatic carbocycles. The number of hydrogen-bond donors (Lipinski definition) is 0. The summed E-state index contributed by atoms with van der Waals surface area (Å²) in [4.78, 5) is 10.3. The summed E-state index contributed by atoms with van der Waals surface area (Å²) >= 11 is 0. The van der Waals surface area contributed by atoms with Crippen LogP contribution < -0.4 is 0 Å². The summed E-state index contributed by atoms with van der Waals surface area (Å²) in [7, 11) is 0. The topological polar surface area (TPSA) is 17.1 Å². The molecule has 0 radical (unpaired) electrons. The minimum absolute atomic E-state index is 0.135. The summed E-state index contributed by atoms with van der Waals surface area (Å²) in [5, 5.41) is 0. The fraction of sp³-hybridized carbons (Fsp3) is 0.222. The maximum Gasteiger partial charge on any atom is 0.152 e. The maximum atomic E-state index is 12.8. The van der Waals surface area contributed by atoms with Crippen LogP contribution in [0.2, 0.25) is 0 Å². The number of carbonyl (C=O) groups excluding carboxylic acids is 1. The molecule has 11 heavy (non-hydrogen) atoms. The van der Waals surface area contributed by atoms with Crippen LogP contribution in [0.1, 0.15) is 13.3 Å². The SMILES string of the molecule is CC1=CCC=C(F)C(C=O)=C1. The van der Waals surface area contributed by atoms with Crippen LogP contribution in [0, 0.1) is 0 Å². The zero-order chi connectivity index (χ0) is 8.27. The fourth-order valence-corrected chi connectivity index (χ4v) is 0.930. The highest BCUT2D eigenvalue weighted by atomic mass is 19.1. The fourth-order valence-electron chi connectivity index (χ4n) is 0.930. The molecule has 1 aliphatic rings. The minimum Gasteiger partial charge on any atom is -0.298 e. The van der Waals surface area contributed by atoms with Crippen LogP contribution in [0.5, 0.6) is 0 Å². The van der Waals surface area contributed by atoms with E-state index in [1.54, 1.807) is 6.08 Å². The van der Waals surface area contributed by atoms with Crippen LogP contribution >= 0.6 is 0 Å². The number of halogens is 1. The van der Waals surface area contributed by atoms with Gasteiger partial charge in [-0.15, -0.1) is 0 Å². The van der Waals surface area contributed by atoms with Gasteiger partial charge in [0.05, 0.1) is 0 Å². The van der Waals surface area contributed by atoms with Crippen LogP contribution in [-0.2, 0) is 4.79 Å². The Morgan fingerprint density at radius 3 is 2.91 bits per heavy atom. The van der Waals surface area contributed by atoms with Gasteiger partial charge in [0.1, 0.15) is 5.83 Å². The molecule has 0 unspecified atom stereocenters. The van der Waals surface area contributed by atoms with Gasteiger partial charge in [0.15, 0.2) is 6.29 Å². The minimum atomic E-state index is -0.423. The van der Waals surface area contributed by atoms with E-state index in [4.69, 9.17) is 0 Å². The van der Waals surface area contributed by atoms with Crippen LogP contribution in [0.15, 0.2) is 35.2 Å². The van der Waals surface area contributed by atoms with Crippen molar-refractivity contribution in [1.82, 2.24) is 0 Å². The van der Waals surface area contributed by atoms with Crippen LogP contribution in [0.25, 0.3) is 0 Å². The summed E-state index contributed by atoms with van der Waals surface area (Å²) in [5.74, 6) is -0.423. The van der Waals surface area contributed by atoms with Gasteiger partial charge in [-0.25, -0.2) is 4.39 Å². The Labute approximate surface area is 64.9 Å². The summed E-state index contributed by atoms with van der Waals surface area (Å²) in [6, 6.07) is 0. The Morgan fingerprint density at radius 1 is 1.55 bits per heavy atom. The first kappa shape index (κ1) is 7.92. The molecule has 2 heteroatoms. The first-order chi connectivity index (χ1) is 5.24. The molecule has 0 fully saturated rings. The van der Waals surface area contributed by atoms with Crippen molar-refractivity contribution < 1.29 is 9.18 Å². The molecule has 0 aromatic rings. The monoisotopic (exact) mass is 152 g/mol. The second-order valence-electron chi connectivity index (χ2n) is 2.45. The third-order valence-corrected chi connectivity index (χ3v) is 1.52. The molecule has 0 amide bonds. The van der Waals surface area contributed by atoms with Gasteiger partial charge in [-0.05, 0) is 25.5 Å². The number of rotatable bonds is 1. The van der Waals surface area contributed by atoms with E-state index in [0.29, 0.717) is 12.7 Å². The van der Waals surface area contributed by atoms with E-state index in [-0.39, 0.29) is 5.57 Å². The van der Waals surface area contributed by atoms with E-state index in [1.807, 2.05) is 13.0 Å². The van der Waals surface area contributed by atoms with Crippen molar-refractivity contribution in [3.8, 4) is 0 Å². The number of allylic oxidation sites excluding steroid dienone is 6. The van der Waals surface area contributed by atoms with Crippen LogP contribution in [-0.4, -0.2) is 6.29 Å². The van der Waals surface area contributed by atoms with Crippen molar-refractivity contribution >= 4 is 6.29 Å². The van der Waals surface area contributed by atoms with Gasteiger partial charge < -0.3 is 0 Å². The molecule has 1 nitrogen and oxygen atoms in total. The van der Waals surface area contributed by atoms with Crippen molar-refractivity contribution in [3.63, 3.8) is 0 Å².